The Labute approximate surface area is 127 Å². The largest absolute Gasteiger partial charge is 0.416 e. The maximum atomic E-state index is 12.5. The fraction of sp³-hybridized carbons (Fsp3) is 0.235. The summed E-state index contributed by atoms with van der Waals surface area (Å²) in [5.74, 6) is -0.256. The van der Waals surface area contributed by atoms with Gasteiger partial charge in [0, 0.05) is 5.69 Å². The van der Waals surface area contributed by atoms with Crippen LogP contribution < -0.4 is 5.32 Å². The Morgan fingerprint density at radius 1 is 1.05 bits per heavy atom. The fourth-order valence-electron chi connectivity index (χ4n) is 2.07. The lowest BCUT2D eigenvalue weighted by molar-refractivity contribution is -0.137. The SMILES string of the molecule is CCc1cccc(NC(=O)Cc2ccc(C(F)(F)F)cc2)c1. The minimum atomic E-state index is -4.36. The molecule has 0 aromatic heterocycles. The van der Waals surface area contributed by atoms with Gasteiger partial charge >= 0.3 is 6.18 Å². The van der Waals surface area contributed by atoms with Gasteiger partial charge < -0.3 is 5.32 Å². The van der Waals surface area contributed by atoms with Crippen LogP contribution >= 0.6 is 0 Å². The Kier molecular flexibility index (Phi) is 4.85. The van der Waals surface area contributed by atoms with Gasteiger partial charge in [0.1, 0.15) is 0 Å². The van der Waals surface area contributed by atoms with Crippen molar-refractivity contribution in [3.63, 3.8) is 0 Å². The van der Waals surface area contributed by atoms with Crippen LogP contribution in [0.15, 0.2) is 48.5 Å². The number of halogens is 3. The van der Waals surface area contributed by atoms with Crippen molar-refractivity contribution in [3.8, 4) is 0 Å². The highest BCUT2D eigenvalue weighted by molar-refractivity contribution is 5.92. The molecule has 0 saturated carbocycles. The topological polar surface area (TPSA) is 29.1 Å². The predicted octanol–water partition coefficient (Wildman–Crippen LogP) is 4.45. The number of alkyl halides is 3. The lowest BCUT2D eigenvalue weighted by Crippen LogP contribution is -2.14. The third-order valence-electron chi connectivity index (χ3n) is 3.26. The number of anilines is 1. The van der Waals surface area contributed by atoms with Crippen molar-refractivity contribution in [2.45, 2.75) is 25.9 Å². The van der Waals surface area contributed by atoms with E-state index in [0.717, 1.165) is 24.1 Å². The van der Waals surface area contributed by atoms with Gasteiger partial charge in [0.25, 0.3) is 0 Å². The summed E-state index contributed by atoms with van der Waals surface area (Å²) in [6, 6.07) is 12.1. The summed E-state index contributed by atoms with van der Waals surface area (Å²) < 4.78 is 37.4. The second-order valence-electron chi connectivity index (χ2n) is 4.97. The van der Waals surface area contributed by atoms with Crippen LogP contribution in [-0.4, -0.2) is 5.91 Å². The number of rotatable bonds is 4. The van der Waals surface area contributed by atoms with Gasteiger partial charge in [0.15, 0.2) is 0 Å². The van der Waals surface area contributed by atoms with E-state index < -0.39 is 11.7 Å². The first-order valence-electron chi connectivity index (χ1n) is 6.93. The van der Waals surface area contributed by atoms with Gasteiger partial charge in [-0.05, 0) is 41.8 Å². The fourth-order valence-corrected chi connectivity index (χ4v) is 2.07. The molecule has 1 N–H and O–H groups in total. The van der Waals surface area contributed by atoms with E-state index in [1.165, 1.54) is 12.1 Å². The molecule has 0 saturated heterocycles. The molecule has 116 valence electrons. The molecule has 2 rings (SSSR count). The summed E-state index contributed by atoms with van der Waals surface area (Å²) in [5, 5.41) is 2.75. The van der Waals surface area contributed by atoms with Crippen LogP contribution in [0.3, 0.4) is 0 Å². The van der Waals surface area contributed by atoms with Crippen LogP contribution in [-0.2, 0) is 23.8 Å². The molecule has 2 aromatic rings. The number of aryl methyl sites for hydroxylation is 1. The zero-order chi connectivity index (χ0) is 16.2. The number of benzene rings is 2. The molecule has 0 aliphatic heterocycles. The van der Waals surface area contributed by atoms with E-state index in [-0.39, 0.29) is 12.3 Å². The second kappa shape index (κ2) is 6.64. The number of carbonyl (C=O) groups excluding carboxylic acids is 1. The summed E-state index contributed by atoms with van der Waals surface area (Å²) in [5.41, 5.74) is 1.62. The van der Waals surface area contributed by atoms with Crippen molar-refractivity contribution >= 4 is 11.6 Å². The molecular formula is C17H16F3NO. The average molecular weight is 307 g/mol. The van der Waals surface area contributed by atoms with E-state index in [0.29, 0.717) is 11.3 Å². The molecule has 22 heavy (non-hydrogen) atoms. The van der Waals surface area contributed by atoms with Crippen LogP contribution in [0, 0.1) is 0 Å². The zero-order valence-corrected chi connectivity index (χ0v) is 12.1. The highest BCUT2D eigenvalue weighted by atomic mass is 19.4. The van der Waals surface area contributed by atoms with Crippen molar-refractivity contribution in [1.29, 1.82) is 0 Å². The molecule has 0 fully saturated rings. The molecule has 2 nitrogen and oxygen atoms in total. The molecule has 0 aliphatic carbocycles. The van der Waals surface area contributed by atoms with Crippen LogP contribution in [0.5, 0.6) is 0 Å². The monoisotopic (exact) mass is 307 g/mol. The van der Waals surface area contributed by atoms with Crippen LogP contribution in [0.25, 0.3) is 0 Å². The van der Waals surface area contributed by atoms with Gasteiger partial charge in [0.2, 0.25) is 5.91 Å². The minimum Gasteiger partial charge on any atom is -0.326 e. The standard InChI is InChI=1S/C17H16F3NO/c1-2-12-4-3-5-15(10-12)21-16(22)11-13-6-8-14(9-7-13)17(18,19)20/h3-10H,2,11H2,1H3,(H,21,22). The lowest BCUT2D eigenvalue weighted by atomic mass is 10.1. The Hall–Kier alpha value is -2.30. The Morgan fingerprint density at radius 2 is 1.73 bits per heavy atom. The van der Waals surface area contributed by atoms with Crippen LogP contribution in [0.4, 0.5) is 18.9 Å². The molecule has 0 spiro atoms. The van der Waals surface area contributed by atoms with Crippen LogP contribution in [0.2, 0.25) is 0 Å². The third-order valence-corrected chi connectivity index (χ3v) is 3.26. The first kappa shape index (κ1) is 16.1. The minimum absolute atomic E-state index is 0.0362. The first-order chi connectivity index (χ1) is 10.4. The zero-order valence-electron chi connectivity index (χ0n) is 12.1. The average Bonchev–Trinajstić information content (AvgIpc) is 2.47. The van der Waals surface area contributed by atoms with Gasteiger partial charge in [-0.1, -0.05) is 31.2 Å². The first-order valence-corrected chi connectivity index (χ1v) is 6.93. The van der Waals surface area contributed by atoms with Gasteiger partial charge in [-0.25, -0.2) is 0 Å². The summed E-state index contributed by atoms with van der Waals surface area (Å²) >= 11 is 0. The van der Waals surface area contributed by atoms with Crippen molar-refractivity contribution in [3.05, 3.63) is 65.2 Å². The maximum absolute atomic E-state index is 12.5. The molecule has 0 unspecified atom stereocenters. The van der Waals surface area contributed by atoms with Gasteiger partial charge in [0.05, 0.1) is 12.0 Å². The van der Waals surface area contributed by atoms with Crippen molar-refractivity contribution in [1.82, 2.24) is 0 Å². The summed E-state index contributed by atoms with van der Waals surface area (Å²) in [7, 11) is 0. The Balaban J connectivity index is 1.99. The molecule has 0 radical (unpaired) electrons. The smallest absolute Gasteiger partial charge is 0.326 e. The van der Waals surface area contributed by atoms with Gasteiger partial charge in [-0.3, -0.25) is 4.79 Å². The summed E-state index contributed by atoms with van der Waals surface area (Å²) in [6.45, 7) is 2.02. The van der Waals surface area contributed by atoms with E-state index >= 15 is 0 Å². The number of nitrogens with one attached hydrogen (secondary N) is 1. The highest BCUT2D eigenvalue weighted by Crippen LogP contribution is 2.29. The third kappa shape index (κ3) is 4.35. The maximum Gasteiger partial charge on any atom is 0.416 e. The molecular weight excluding hydrogens is 291 g/mol. The quantitative estimate of drug-likeness (QED) is 0.888. The Morgan fingerprint density at radius 3 is 2.32 bits per heavy atom. The summed E-state index contributed by atoms with van der Waals surface area (Å²) in [6.07, 6.45) is -3.46. The normalized spacial score (nSPS) is 11.3. The summed E-state index contributed by atoms with van der Waals surface area (Å²) in [4.78, 5) is 11.9. The number of hydrogen-bond acceptors (Lipinski definition) is 1. The van der Waals surface area contributed by atoms with E-state index in [9.17, 15) is 18.0 Å². The van der Waals surface area contributed by atoms with E-state index in [1.807, 2.05) is 25.1 Å². The van der Waals surface area contributed by atoms with Crippen molar-refractivity contribution in [2.24, 2.45) is 0 Å². The predicted molar refractivity (Wildman–Crippen MR) is 79.6 cm³/mol. The van der Waals surface area contributed by atoms with Gasteiger partial charge in [-0.15, -0.1) is 0 Å². The van der Waals surface area contributed by atoms with E-state index in [1.54, 1.807) is 6.07 Å². The van der Waals surface area contributed by atoms with E-state index in [2.05, 4.69) is 5.32 Å². The number of carbonyl (C=O) groups is 1. The van der Waals surface area contributed by atoms with Crippen molar-refractivity contribution < 1.29 is 18.0 Å². The van der Waals surface area contributed by atoms with Gasteiger partial charge in [-0.2, -0.15) is 13.2 Å². The second-order valence-corrected chi connectivity index (χ2v) is 4.97. The molecule has 1 amide bonds. The van der Waals surface area contributed by atoms with Crippen molar-refractivity contribution in [2.75, 3.05) is 5.32 Å². The molecule has 5 heteroatoms. The Bertz CT molecular complexity index is 648. The lowest BCUT2D eigenvalue weighted by Gasteiger charge is -2.09. The number of hydrogen-bond donors (Lipinski definition) is 1. The highest BCUT2D eigenvalue weighted by Gasteiger charge is 2.29. The molecule has 0 bridgehead atoms. The molecule has 2 aromatic carbocycles. The molecule has 0 aliphatic rings. The molecule has 0 atom stereocenters. The van der Waals surface area contributed by atoms with E-state index in [4.69, 9.17) is 0 Å². The molecule has 0 heterocycles. The van der Waals surface area contributed by atoms with Crippen LogP contribution in [0.1, 0.15) is 23.6 Å². The number of amides is 1.